The molecule has 0 saturated heterocycles. The average molecular weight is 913 g/mol. The van der Waals surface area contributed by atoms with Crippen molar-refractivity contribution in [1.82, 2.24) is 20.6 Å². The fraction of sp³-hybridized carbons (Fsp3) is 0.632. The number of esters is 2. The van der Waals surface area contributed by atoms with E-state index in [1.54, 1.807) is 0 Å². The summed E-state index contributed by atoms with van der Waals surface area (Å²) in [6.45, 7) is 24.8. The molecule has 3 N–H and O–H groups in total. The fourth-order valence-electron chi connectivity index (χ4n) is 15.7. The molecule has 5 fully saturated rings. The lowest BCUT2D eigenvalue weighted by molar-refractivity contribution is -0.235. The molecule has 0 radical (unpaired) electrons. The van der Waals surface area contributed by atoms with Gasteiger partial charge in [-0.1, -0.05) is 123 Å². The van der Waals surface area contributed by atoms with Gasteiger partial charge in [0.05, 0.1) is 34.8 Å². The molecule has 360 valence electrons. The van der Waals surface area contributed by atoms with Crippen LogP contribution in [0.4, 0.5) is 4.79 Å². The monoisotopic (exact) mass is 913 g/mol. The van der Waals surface area contributed by atoms with Gasteiger partial charge in [0.2, 0.25) is 0 Å². The van der Waals surface area contributed by atoms with E-state index in [2.05, 4.69) is 69.1 Å². The highest BCUT2D eigenvalue weighted by Crippen LogP contribution is 2.76. The van der Waals surface area contributed by atoms with Crippen LogP contribution in [0.5, 0.6) is 0 Å². The first-order valence-corrected chi connectivity index (χ1v) is 25.4. The molecule has 3 aromatic rings. The van der Waals surface area contributed by atoms with Crippen molar-refractivity contribution in [1.29, 1.82) is 0 Å². The minimum Gasteiger partial charge on any atom is -0.462 e. The quantitative estimate of drug-likeness (QED) is 0.172. The molecule has 0 unspecified atom stereocenters. The second-order valence-electron chi connectivity index (χ2n) is 24.5. The molecular weight excluding hydrogens is 837 g/mol. The lowest BCUT2D eigenvalue weighted by Gasteiger charge is -2.72. The molecule has 10 heteroatoms. The second-order valence-corrected chi connectivity index (χ2v) is 24.5. The van der Waals surface area contributed by atoms with E-state index in [4.69, 9.17) is 9.47 Å². The van der Waals surface area contributed by atoms with Gasteiger partial charge in [-0.2, -0.15) is 0 Å². The molecule has 67 heavy (non-hydrogen) atoms. The van der Waals surface area contributed by atoms with Crippen molar-refractivity contribution in [2.45, 2.75) is 164 Å². The average Bonchev–Trinajstić information content (AvgIpc) is 3.88. The number of amides is 2. The van der Waals surface area contributed by atoms with Crippen molar-refractivity contribution in [2.75, 3.05) is 0 Å². The van der Waals surface area contributed by atoms with Crippen LogP contribution >= 0.6 is 0 Å². The lowest BCUT2D eigenvalue weighted by atomic mass is 9.33. The molecular formula is C57H76N4O6. The zero-order valence-corrected chi connectivity index (χ0v) is 42.1. The molecule has 1 aromatic heterocycles. The molecule has 5 saturated carbocycles. The summed E-state index contributed by atoms with van der Waals surface area (Å²) in [5, 5.41) is 6.75. The van der Waals surface area contributed by atoms with E-state index in [0.29, 0.717) is 30.5 Å². The number of Topliss-reactive ketones (excluding diaryl/α,β-unsaturated/α-hetero) is 1. The van der Waals surface area contributed by atoms with Gasteiger partial charge in [0.25, 0.3) is 0 Å². The van der Waals surface area contributed by atoms with Crippen LogP contribution in [0.1, 0.15) is 152 Å². The Morgan fingerprint density at radius 2 is 1.46 bits per heavy atom. The Kier molecular flexibility index (Phi) is 11.6. The summed E-state index contributed by atoms with van der Waals surface area (Å²) in [4.78, 5) is 64.0. The Bertz CT molecular complexity index is 2450. The largest absolute Gasteiger partial charge is 0.462 e. The van der Waals surface area contributed by atoms with Gasteiger partial charge < -0.3 is 25.1 Å². The molecule has 9 rings (SSSR count). The highest BCUT2D eigenvalue weighted by atomic mass is 16.5. The Balaban J connectivity index is 0.899. The Hall–Kier alpha value is -4.73. The molecule has 6 aliphatic rings. The highest BCUT2D eigenvalue weighted by molar-refractivity contribution is 6.02. The number of hydrogen-bond acceptors (Lipinski definition) is 7. The molecule has 1 heterocycles. The van der Waals surface area contributed by atoms with Gasteiger partial charge in [0, 0.05) is 11.8 Å². The number of aromatic amines is 1. The number of nitrogens with one attached hydrogen (secondary N) is 3. The maximum atomic E-state index is 14.3. The van der Waals surface area contributed by atoms with Crippen LogP contribution in [0, 0.1) is 62.6 Å². The summed E-state index contributed by atoms with van der Waals surface area (Å²) in [6.07, 6.45) is 9.98. The Morgan fingerprint density at radius 3 is 2.13 bits per heavy atom. The topological polar surface area (TPSA) is 139 Å². The number of H-pyrrole nitrogens is 1. The van der Waals surface area contributed by atoms with Crippen molar-refractivity contribution in [3.05, 3.63) is 89.4 Å². The van der Waals surface area contributed by atoms with Gasteiger partial charge in [-0.25, -0.2) is 9.78 Å². The van der Waals surface area contributed by atoms with Crippen LogP contribution in [-0.2, 0) is 36.0 Å². The molecule has 0 spiro atoms. The van der Waals surface area contributed by atoms with Crippen LogP contribution in [0.3, 0.4) is 0 Å². The number of benzene rings is 2. The number of ether oxygens (including phenoxy) is 2. The minimum absolute atomic E-state index is 0.00767. The van der Waals surface area contributed by atoms with E-state index in [0.717, 1.165) is 73.8 Å². The third kappa shape index (κ3) is 7.51. The molecule has 10 nitrogen and oxygen atoms in total. The predicted molar refractivity (Wildman–Crippen MR) is 260 cm³/mol. The van der Waals surface area contributed by atoms with E-state index in [9.17, 15) is 19.2 Å². The SMILES string of the molecule is CC(C)C1=C2[C@H]3CC[C@@H]4[C@@]5(C)CC[C@H](OC(=O)[C@H]6C[C@@H](C(=O)OCc7ccccc7)C6(C)C)C(C)(C)[C@@H]5CC[C@@]4(C)[C@]3(C)CC[C@@]2(NC(=O)NC(C)(C)c2ncc(-c3ccccc3)[nH]2)CC1=O. The minimum atomic E-state index is -0.801. The Labute approximate surface area is 399 Å². The third-order valence-corrected chi connectivity index (χ3v) is 19.7. The fourth-order valence-corrected chi connectivity index (χ4v) is 15.7. The van der Waals surface area contributed by atoms with Crippen molar-refractivity contribution in [3.8, 4) is 11.3 Å². The summed E-state index contributed by atoms with van der Waals surface area (Å²) in [7, 11) is 0. The van der Waals surface area contributed by atoms with E-state index < -0.39 is 16.5 Å². The maximum absolute atomic E-state index is 14.3. The van der Waals surface area contributed by atoms with Crippen LogP contribution in [0.25, 0.3) is 11.3 Å². The van der Waals surface area contributed by atoms with E-state index in [1.807, 2.05) is 94.6 Å². The van der Waals surface area contributed by atoms with E-state index in [1.165, 1.54) is 5.57 Å². The van der Waals surface area contributed by atoms with Crippen molar-refractivity contribution in [3.63, 3.8) is 0 Å². The van der Waals surface area contributed by atoms with E-state index >= 15 is 0 Å². The molecule has 0 aliphatic heterocycles. The van der Waals surface area contributed by atoms with Gasteiger partial charge >= 0.3 is 18.0 Å². The standard InChI is InChI=1S/C57H76N4O6/c1-34(2)45-41(62)31-57(61-50(65)60-53(7,8)49-58-32-40(59-49)36-20-16-13-17-21-36)29-28-55(10)37(46(45)57)22-23-43-54(9)26-25-44(52(5,6)42(54)24-27-56(43,55)11)67-48(64)39-30-38(51(39,3)4)47(63)66-33-35-18-14-12-15-19-35/h12-21,32,34,37-39,42-44H,22-31,33H2,1-11H3,(H,58,59)(H2,60,61,65)/t37-,38+,39-,42+,43-,44+,54+,55-,56-,57-/m1/s1. The first kappa shape index (κ1) is 47.3. The first-order valence-electron chi connectivity index (χ1n) is 25.4. The Morgan fingerprint density at radius 1 is 0.791 bits per heavy atom. The van der Waals surface area contributed by atoms with Gasteiger partial charge in [-0.3, -0.25) is 14.4 Å². The highest BCUT2D eigenvalue weighted by Gasteiger charge is 2.70. The molecule has 10 atom stereocenters. The van der Waals surface area contributed by atoms with Gasteiger partial charge in [0.15, 0.2) is 5.78 Å². The van der Waals surface area contributed by atoms with E-state index in [-0.39, 0.29) is 81.8 Å². The summed E-state index contributed by atoms with van der Waals surface area (Å²) < 4.78 is 12.3. The number of imidazole rings is 1. The number of hydrogen-bond donors (Lipinski definition) is 3. The van der Waals surface area contributed by atoms with Crippen LogP contribution in [0.2, 0.25) is 0 Å². The molecule has 2 amide bonds. The zero-order valence-electron chi connectivity index (χ0n) is 42.1. The number of aromatic nitrogens is 2. The normalized spacial score (nSPS) is 35.0. The van der Waals surface area contributed by atoms with Crippen molar-refractivity contribution >= 4 is 23.8 Å². The summed E-state index contributed by atoms with van der Waals surface area (Å²) in [5.41, 5.74) is 2.66. The number of urea groups is 1. The number of carbonyl (C=O) groups excluding carboxylic acids is 4. The van der Waals surface area contributed by atoms with Gasteiger partial charge in [-0.15, -0.1) is 0 Å². The zero-order chi connectivity index (χ0) is 48.1. The second kappa shape index (κ2) is 16.5. The number of fused-ring (bicyclic) bond motifs is 7. The van der Waals surface area contributed by atoms with Crippen molar-refractivity contribution < 1.29 is 28.7 Å². The molecule has 6 aliphatic carbocycles. The first-order chi connectivity index (χ1) is 31.5. The van der Waals surface area contributed by atoms with Crippen molar-refractivity contribution in [2.24, 2.45) is 62.6 Å². The predicted octanol–water partition coefficient (Wildman–Crippen LogP) is 11.7. The van der Waals surface area contributed by atoms with Gasteiger partial charge in [-0.05, 0) is 139 Å². The maximum Gasteiger partial charge on any atom is 0.316 e. The number of allylic oxidation sites excluding steroid dienone is 1. The lowest BCUT2D eigenvalue weighted by Crippen LogP contribution is -2.68. The summed E-state index contributed by atoms with van der Waals surface area (Å²) >= 11 is 0. The van der Waals surface area contributed by atoms with Crippen LogP contribution in [-0.4, -0.2) is 45.4 Å². The number of carbonyl (C=O) groups is 4. The van der Waals surface area contributed by atoms with Crippen LogP contribution < -0.4 is 10.6 Å². The number of ketones is 1. The summed E-state index contributed by atoms with van der Waals surface area (Å²) in [5.74, 6) is 0.778. The smallest absolute Gasteiger partial charge is 0.316 e. The summed E-state index contributed by atoms with van der Waals surface area (Å²) in [6, 6.07) is 19.5. The third-order valence-electron chi connectivity index (χ3n) is 19.7. The number of nitrogens with zero attached hydrogens (tertiary/aromatic N) is 1. The van der Waals surface area contributed by atoms with Gasteiger partial charge in [0.1, 0.15) is 18.5 Å². The molecule has 2 aromatic carbocycles. The number of rotatable bonds is 10. The van der Waals surface area contributed by atoms with Crippen LogP contribution in [0.15, 0.2) is 78.0 Å². The molecule has 0 bridgehead atoms.